The number of carbonyl (C=O) groups excluding carboxylic acids is 3. The first-order valence-corrected chi connectivity index (χ1v) is 8.37. The number of hydrogen-bond acceptors (Lipinski definition) is 7. The minimum atomic E-state index is -1.49. The van der Waals surface area contributed by atoms with Gasteiger partial charge in [-0.05, 0) is 44.5 Å². The molecule has 0 aromatic heterocycles. The Morgan fingerprint density at radius 3 is 2.35 bits per heavy atom. The van der Waals surface area contributed by atoms with E-state index in [0.29, 0.717) is 17.0 Å². The van der Waals surface area contributed by atoms with E-state index in [2.05, 4.69) is 5.48 Å². The number of ether oxygens (including phenoxy) is 2. The molecule has 0 saturated heterocycles. The molecule has 0 fully saturated rings. The summed E-state index contributed by atoms with van der Waals surface area (Å²) in [5.74, 6) is -2.36. The smallest absolute Gasteiger partial charge is 0.343 e. The van der Waals surface area contributed by atoms with Crippen LogP contribution in [0.1, 0.15) is 37.6 Å². The number of hydroxylamine groups is 1. The lowest BCUT2D eigenvalue weighted by atomic mass is 10.1. The van der Waals surface area contributed by atoms with E-state index in [1.54, 1.807) is 19.1 Å². The van der Waals surface area contributed by atoms with E-state index in [4.69, 9.17) is 31.6 Å². The van der Waals surface area contributed by atoms with Crippen LogP contribution < -0.4 is 11.2 Å². The van der Waals surface area contributed by atoms with Crippen molar-refractivity contribution in [1.82, 2.24) is 5.48 Å². The van der Waals surface area contributed by atoms with Gasteiger partial charge < -0.3 is 15.2 Å². The number of rotatable bonds is 9. The molecule has 1 aromatic carbocycles. The molecule has 0 spiro atoms. The second kappa shape index (κ2) is 10.1. The maximum atomic E-state index is 12.0. The lowest BCUT2D eigenvalue weighted by Gasteiger charge is -2.22. The average molecular weight is 387 g/mol. The maximum Gasteiger partial charge on any atom is 0.343 e. The first-order valence-electron chi connectivity index (χ1n) is 7.99. The third kappa shape index (κ3) is 6.62. The van der Waals surface area contributed by atoms with Crippen molar-refractivity contribution < 1.29 is 28.7 Å². The third-order valence-corrected chi connectivity index (χ3v) is 3.75. The van der Waals surface area contributed by atoms with Crippen LogP contribution in [0.4, 0.5) is 0 Å². The van der Waals surface area contributed by atoms with E-state index in [1.165, 1.54) is 26.0 Å². The summed E-state index contributed by atoms with van der Waals surface area (Å²) in [4.78, 5) is 40.7. The standard InChI is InChI=1S/C17H23ClN2O6/c1-4-11(9-19)15(22)24-10-25-16(23)17(2,3)26-20-14(21)12-5-7-13(18)8-6-12/h5-8,11H,4,9-10,19H2,1-3H3,(H,20,21). The molecule has 1 aromatic rings. The molecular formula is C17H23ClN2O6. The van der Waals surface area contributed by atoms with Gasteiger partial charge in [0, 0.05) is 17.1 Å². The second-order valence-electron chi connectivity index (χ2n) is 5.90. The summed E-state index contributed by atoms with van der Waals surface area (Å²) in [5.41, 5.74) is 6.41. The number of amides is 1. The van der Waals surface area contributed by atoms with Gasteiger partial charge in [-0.2, -0.15) is 0 Å². The Bertz CT molecular complexity index is 629. The van der Waals surface area contributed by atoms with Gasteiger partial charge in [-0.3, -0.25) is 14.4 Å². The van der Waals surface area contributed by atoms with Crippen LogP contribution in [0.15, 0.2) is 24.3 Å². The van der Waals surface area contributed by atoms with Gasteiger partial charge in [0.2, 0.25) is 6.79 Å². The molecule has 0 radical (unpaired) electrons. The highest BCUT2D eigenvalue weighted by atomic mass is 35.5. The summed E-state index contributed by atoms with van der Waals surface area (Å²) in [7, 11) is 0. The highest BCUT2D eigenvalue weighted by Gasteiger charge is 2.32. The molecule has 1 unspecified atom stereocenters. The SMILES string of the molecule is CCC(CN)C(=O)OCOC(=O)C(C)(C)ONC(=O)c1ccc(Cl)cc1. The molecule has 0 aliphatic rings. The first-order chi connectivity index (χ1) is 12.2. The lowest BCUT2D eigenvalue weighted by Crippen LogP contribution is -2.43. The number of nitrogens with one attached hydrogen (secondary N) is 1. The molecule has 3 N–H and O–H groups in total. The van der Waals surface area contributed by atoms with Crippen LogP contribution in [0.25, 0.3) is 0 Å². The Balaban J connectivity index is 2.45. The number of carbonyl (C=O) groups is 3. The highest BCUT2D eigenvalue weighted by Crippen LogP contribution is 2.13. The highest BCUT2D eigenvalue weighted by molar-refractivity contribution is 6.30. The molecule has 8 nitrogen and oxygen atoms in total. The Morgan fingerprint density at radius 2 is 1.81 bits per heavy atom. The van der Waals surface area contributed by atoms with Gasteiger partial charge in [0.15, 0.2) is 5.60 Å². The predicted molar refractivity (Wildman–Crippen MR) is 94.0 cm³/mol. The number of esters is 2. The van der Waals surface area contributed by atoms with Crippen LogP contribution in [0.3, 0.4) is 0 Å². The van der Waals surface area contributed by atoms with Crippen LogP contribution in [-0.4, -0.2) is 36.8 Å². The summed E-state index contributed by atoms with van der Waals surface area (Å²) in [6.07, 6.45) is 0.522. The summed E-state index contributed by atoms with van der Waals surface area (Å²) >= 11 is 5.75. The van der Waals surface area contributed by atoms with Crippen molar-refractivity contribution in [3.8, 4) is 0 Å². The number of halogens is 1. The van der Waals surface area contributed by atoms with E-state index < -0.39 is 36.2 Å². The number of hydrogen-bond donors (Lipinski definition) is 2. The fraction of sp³-hybridized carbons (Fsp3) is 0.471. The van der Waals surface area contributed by atoms with Gasteiger partial charge >= 0.3 is 11.9 Å². The predicted octanol–water partition coefficient (Wildman–Crippen LogP) is 1.81. The fourth-order valence-corrected chi connectivity index (χ4v) is 1.86. The molecule has 0 aliphatic carbocycles. The summed E-state index contributed by atoms with van der Waals surface area (Å²) in [5, 5.41) is 0.487. The van der Waals surface area contributed by atoms with Crippen molar-refractivity contribution in [1.29, 1.82) is 0 Å². The molecule has 144 valence electrons. The van der Waals surface area contributed by atoms with Crippen LogP contribution in [0.2, 0.25) is 5.02 Å². The molecule has 0 aliphatic heterocycles. The summed E-state index contributed by atoms with van der Waals surface area (Å²) < 4.78 is 9.69. The van der Waals surface area contributed by atoms with Gasteiger partial charge in [0.05, 0.1) is 5.92 Å². The van der Waals surface area contributed by atoms with Gasteiger partial charge in [0.1, 0.15) is 0 Å². The maximum absolute atomic E-state index is 12.0. The second-order valence-corrected chi connectivity index (χ2v) is 6.34. The average Bonchev–Trinajstić information content (AvgIpc) is 2.61. The van der Waals surface area contributed by atoms with Gasteiger partial charge in [-0.15, -0.1) is 0 Å². The van der Waals surface area contributed by atoms with Gasteiger partial charge in [-0.1, -0.05) is 18.5 Å². The molecular weight excluding hydrogens is 364 g/mol. The summed E-state index contributed by atoms with van der Waals surface area (Å²) in [6.45, 7) is 4.17. The molecule has 0 bridgehead atoms. The van der Waals surface area contributed by atoms with Crippen molar-refractivity contribution in [3.63, 3.8) is 0 Å². The molecule has 1 rings (SSSR count). The largest absolute Gasteiger partial charge is 0.428 e. The zero-order valence-corrected chi connectivity index (χ0v) is 15.7. The van der Waals surface area contributed by atoms with Crippen molar-refractivity contribution in [2.75, 3.05) is 13.3 Å². The van der Waals surface area contributed by atoms with Crippen LogP contribution in [0.5, 0.6) is 0 Å². The van der Waals surface area contributed by atoms with Crippen molar-refractivity contribution in [2.45, 2.75) is 32.8 Å². The van der Waals surface area contributed by atoms with Crippen LogP contribution >= 0.6 is 11.6 Å². The minimum Gasteiger partial charge on any atom is -0.428 e. The van der Waals surface area contributed by atoms with E-state index in [-0.39, 0.29) is 6.54 Å². The number of nitrogens with two attached hydrogens (primary N) is 1. The zero-order chi connectivity index (χ0) is 19.7. The zero-order valence-electron chi connectivity index (χ0n) is 14.9. The topological polar surface area (TPSA) is 117 Å². The minimum absolute atomic E-state index is 0.147. The van der Waals surface area contributed by atoms with Crippen LogP contribution in [0, 0.1) is 5.92 Å². The van der Waals surface area contributed by atoms with E-state index in [9.17, 15) is 14.4 Å². The van der Waals surface area contributed by atoms with E-state index in [1.807, 2.05) is 0 Å². The fourth-order valence-electron chi connectivity index (χ4n) is 1.74. The first kappa shape index (κ1) is 21.9. The Hall–Kier alpha value is -2.16. The van der Waals surface area contributed by atoms with Crippen molar-refractivity contribution in [2.24, 2.45) is 11.7 Å². The lowest BCUT2D eigenvalue weighted by molar-refractivity contribution is -0.189. The van der Waals surface area contributed by atoms with Crippen LogP contribution in [-0.2, 0) is 23.9 Å². The molecule has 0 heterocycles. The molecule has 26 heavy (non-hydrogen) atoms. The normalized spacial score (nSPS) is 12.2. The molecule has 1 amide bonds. The van der Waals surface area contributed by atoms with Crippen molar-refractivity contribution >= 4 is 29.4 Å². The van der Waals surface area contributed by atoms with Gasteiger partial charge in [0.25, 0.3) is 5.91 Å². The quantitative estimate of drug-likeness (QED) is 0.377. The van der Waals surface area contributed by atoms with Crippen molar-refractivity contribution in [3.05, 3.63) is 34.9 Å². The Labute approximate surface area is 156 Å². The third-order valence-electron chi connectivity index (χ3n) is 3.50. The monoisotopic (exact) mass is 386 g/mol. The van der Waals surface area contributed by atoms with E-state index >= 15 is 0 Å². The Kier molecular flexibility index (Phi) is 8.50. The molecule has 0 saturated carbocycles. The van der Waals surface area contributed by atoms with E-state index in [0.717, 1.165) is 0 Å². The number of benzene rings is 1. The molecule has 9 heteroatoms. The van der Waals surface area contributed by atoms with Gasteiger partial charge in [-0.25, -0.2) is 10.3 Å². The molecule has 1 atom stereocenters. The summed E-state index contributed by atoms with van der Waals surface area (Å²) in [6, 6.07) is 6.12. The Morgan fingerprint density at radius 1 is 1.19 bits per heavy atom.